The topological polar surface area (TPSA) is 0 Å². The summed E-state index contributed by atoms with van der Waals surface area (Å²) >= 11 is 0. The zero-order chi connectivity index (χ0) is 14.4. The Hall–Kier alpha value is -0.940. The van der Waals surface area contributed by atoms with E-state index in [-0.39, 0.29) is 12.0 Å². The molecule has 18 heavy (non-hydrogen) atoms. The van der Waals surface area contributed by atoms with Crippen LogP contribution in [0.25, 0.3) is 0 Å². The highest BCUT2D eigenvalue weighted by Crippen LogP contribution is 2.54. The molecule has 0 amide bonds. The lowest BCUT2D eigenvalue weighted by Gasteiger charge is -2.38. The Morgan fingerprint density at radius 3 is 2.00 bits per heavy atom. The van der Waals surface area contributed by atoms with Crippen molar-refractivity contribution < 1.29 is 26.3 Å². The maximum absolute atomic E-state index is 13.0. The normalized spacial score (nSPS) is 26.4. The highest BCUT2D eigenvalue weighted by Gasteiger charge is 2.56. The van der Waals surface area contributed by atoms with Gasteiger partial charge >= 0.3 is 12.4 Å². The van der Waals surface area contributed by atoms with E-state index in [0.29, 0.717) is 0 Å². The molecule has 0 saturated heterocycles. The Morgan fingerprint density at radius 1 is 1.17 bits per heavy atom. The summed E-state index contributed by atoms with van der Waals surface area (Å²) in [6.07, 6.45) is -9.12. The molecule has 0 heterocycles. The van der Waals surface area contributed by atoms with E-state index in [1.54, 1.807) is 0 Å². The molecule has 0 bridgehead atoms. The van der Waals surface area contributed by atoms with E-state index < -0.39 is 35.3 Å². The Morgan fingerprint density at radius 2 is 1.67 bits per heavy atom. The van der Waals surface area contributed by atoms with Crippen molar-refractivity contribution in [3.8, 4) is 0 Å². The molecular formula is C12H14F6. The summed E-state index contributed by atoms with van der Waals surface area (Å²) in [6, 6.07) is 0. The van der Waals surface area contributed by atoms with Gasteiger partial charge in [0.15, 0.2) is 0 Å². The van der Waals surface area contributed by atoms with Gasteiger partial charge < -0.3 is 0 Å². The molecule has 0 aliphatic heterocycles. The molecule has 1 aliphatic carbocycles. The van der Waals surface area contributed by atoms with Crippen molar-refractivity contribution in [2.75, 3.05) is 0 Å². The van der Waals surface area contributed by atoms with Crippen LogP contribution < -0.4 is 0 Å². The summed E-state index contributed by atoms with van der Waals surface area (Å²) in [7, 11) is 0. The molecule has 0 spiro atoms. The zero-order valence-corrected chi connectivity index (χ0v) is 10.3. The van der Waals surface area contributed by atoms with E-state index in [1.807, 2.05) is 0 Å². The van der Waals surface area contributed by atoms with Crippen LogP contribution >= 0.6 is 0 Å². The van der Waals surface area contributed by atoms with E-state index in [9.17, 15) is 26.3 Å². The van der Waals surface area contributed by atoms with E-state index in [1.165, 1.54) is 13.8 Å². The number of halogens is 6. The molecule has 0 fully saturated rings. The van der Waals surface area contributed by atoms with Crippen LogP contribution in [0.15, 0.2) is 22.8 Å². The molecule has 0 N–H and O–H groups in total. The van der Waals surface area contributed by atoms with Crippen molar-refractivity contribution >= 4 is 0 Å². The van der Waals surface area contributed by atoms with E-state index in [4.69, 9.17) is 0 Å². The van der Waals surface area contributed by atoms with Crippen LogP contribution in [0.1, 0.15) is 33.6 Å². The maximum Gasteiger partial charge on any atom is 0.416 e. The molecule has 0 nitrogen and oxygen atoms in total. The fourth-order valence-electron chi connectivity index (χ4n) is 2.34. The van der Waals surface area contributed by atoms with Gasteiger partial charge in [-0.05, 0) is 37.8 Å². The van der Waals surface area contributed by atoms with Gasteiger partial charge in [0.2, 0.25) is 0 Å². The minimum Gasteiger partial charge on any atom is -0.170 e. The number of rotatable bonds is 1. The highest BCUT2D eigenvalue weighted by atomic mass is 19.4. The Bertz CT molecular complexity index is 396. The number of alkyl halides is 6. The van der Waals surface area contributed by atoms with Gasteiger partial charge in [-0.2, -0.15) is 26.3 Å². The molecule has 0 aromatic carbocycles. The van der Waals surface area contributed by atoms with Gasteiger partial charge in [0.25, 0.3) is 0 Å². The van der Waals surface area contributed by atoms with Crippen LogP contribution in [-0.4, -0.2) is 12.4 Å². The van der Waals surface area contributed by atoms with Crippen molar-refractivity contribution in [1.29, 1.82) is 0 Å². The Labute approximate surface area is 101 Å². The fourth-order valence-corrected chi connectivity index (χ4v) is 2.34. The van der Waals surface area contributed by atoms with Crippen molar-refractivity contribution in [2.24, 2.45) is 5.41 Å². The first kappa shape index (κ1) is 15.1. The average molecular weight is 272 g/mol. The fraction of sp³-hybridized carbons (Fsp3) is 0.667. The van der Waals surface area contributed by atoms with E-state index in [0.717, 1.165) is 13.0 Å². The Balaban J connectivity index is 3.52. The first-order valence-corrected chi connectivity index (χ1v) is 5.50. The summed E-state index contributed by atoms with van der Waals surface area (Å²) in [5, 5.41) is 0. The van der Waals surface area contributed by atoms with Crippen LogP contribution in [0.4, 0.5) is 26.3 Å². The van der Waals surface area contributed by atoms with Gasteiger partial charge in [-0.15, -0.1) is 0 Å². The van der Waals surface area contributed by atoms with Crippen molar-refractivity contribution in [3.63, 3.8) is 0 Å². The number of allylic oxidation sites excluding steroid dienone is 4. The average Bonchev–Trinajstić information content (AvgIpc) is 2.17. The summed E-state index contributed by atoms with van der Waals surface area (Å²) in [6.45, 7) is 3.36. The third-order valence-corrected chi connectivity index (χ3v) is 3.44. The molecule has 6 heteroatoms. The second kappa shape index (κ2) is 4.31. The first-order chi connectivity index (χ1) is 7.95. The van der Waals surface area contributed by atoms with Crippen LogP contribution in [-0.2, 0) is 0 Å². The maximum atomic E-state index is 13.0. The second-order valence-electron chi connectivity index (χ2n) is 4.63. The van der Waals surface area contributed by atoms with Crippen molar-refractivity contribution in [2.45, 2.75) is 46.0 Å². The molecule has 1 unspecified atom stereocenters. The summed E-state index contributed by atoms with van der Waals surface area (Å²) in [5.41, 5.74) is -4.23. The largest absolute Gasteiger partial charge is 0.416 e. The molecule has 1 aliphatic rings. The lowest BCUT2D eigenvalue weighted by atomic mass is 9.70. The van der Waals surface area contributed by atoms with Crippen molar-refractivity contribution in [1.82, 2.24) is 0 Å². The SMILES string of the molecule is CCC1=C(C(F)(F)F)C(C)=CCC1(C)C(F)(F)F. The van der Waals surface area contributed by atoms with Gasteiger partial charge in [-0.3, -0.25) is 0 Å². The van der Waals surface area contributed by atoms with Crippen LogP contribution in [0.3, 0.4) is 0 Å². The molecule has 0 aromatic heterocycles. The minimum atomic E-state index is -4.75. The lowest BCUT2D eigenvalue weighted by molar-refractivity contribution is -0.205. The van der Waals surface area contributed by atoms with Gasteiger partial charge in [0.05, 0.1) is 11.0 Å². The molecular weight excluding hydrogens is 258 g/mol. The number of hydrogen-bond donors (Lipinski definition) is 0. The highest BCUT2D eigenvalue weighted by molar-refractivity contribution is 5.44. The van der Waals surface area contributed by atoms with E-state index >= 15 is 0 Å². The molecule has 1 rings (SSSR count). The van der Waals surface area contributed by atoms with Gasteiger partial charge in [-0.25, -0.2) is 0 Å². The minimum absolute atomic E-state index is 0.124. The first-order valence-electron chi connectivity index (χ1n) is 5.50. The predicted octanol–water partition coefficient (Wildman–Crippen LogP) is 5.17. The van der Waals surface area contributed by atoms with Gasteiger partial charge in [0.1, 0.15) is 0 Å². The molecule has 0 radical (unpaired) electrons. The zero-order valence-electron chi connectivity index (χ0n) is 10.3. The monoisotopic (exact) mass is 272 g/mol. The number of hydrogen-bond acceptors (Lipinski definition) is 0. The lowest BCUT2D eigenvalue weighted by Crippen LogP contribution is -2.40. The standard InChI is InChI=1S/C12H14F6/c1-4-8-9(11(13,14)15)7(2)5-6-10(8,3)12(16,17)18/h5H,4,6H2,1-3H3. The second-order valence-corrected chi connectivity index (χ2v) is 4.63. The van der Waals surface area contributed by atoms with E-state index in [2.05, 4.69) is 0 Å². The summed E-state index contributed by atoms with van der Waals surface area (Å²) < 4.78 is 77.7. The van der Waals surface area contributed by atoms with Crippen molar-refractivity contribution in [3.05, 3.63) is 22.8 Å². The van der Waals surface area contributed by atoms with Gasteiger partial charge in [0, 0.05) is 0 Å². The molecule has 0 saturated carbocycles. The molecule has 104 valence electrons. The quantitative estimate of drug-likeness (QED) is 0.577. The van der Waals surface area contributed by atoms with Crippen LogP contribution in [0, 0.1) is 5.41 Å². The van der Waals surface area contributed by atoms with Gasteiger partial charge in [-0.1, -0.05) is 13.0 Å². The summed E-state index contributed by atoms with van der Waals surface area (Å²) in [5.74, 6) is 0. The predicted molar refractivity (Wildman–Crippen MR) is 55.9 cm³/mol. The Kier molecular flexibility index (Phi) is 3.62. The van der Waals surface area contributed by atoms with Crippen LogP contribution in [0.2, 0.25) is 0 Å². The third-order valence-electron chi connectivity index (χ3n) is 3.44. The van der Waals surface area contributed by atoms with Crippen LogP contribution in [0.5, 0.6) is 0 Å². The smallest absolute Gasteiger partial charge is 0.170 e. The molecule has 0 aromatic rings. The summed E-state index contributed by atoms with van der Waals surface area (Å²) in [4.78, 5) is 0. The third kappa shape index (κ3) is 2.29. The molecule has 1 atom stereocenters.